The van der Waals surface area contributed by atoms with Gasteiger partial charge in [0.25, 0.3) is 0 Å². The lowest BCUT2D eigenvalue weighted by Gasteiger charge is -2.50. The fourth-order valence-corrected chi connectivity index (χ4v) is 5.56. The molecule has 0 aliphatic carbocycles. The third-order valence-corrected chi connectivity index (χ3v) is 7.09. The molecule has 0 unspecified atom stereocenters. The number of ether oxygens (including phenoxy) is 3. The molecule has 0 spiro atoms. The molecule has 3 aromatic rings. The van der Waals surface area contributed by atoms with E-state index in [-0.39, 0.29) is 0 Å². The molecular formula is C28H28O3. The Morgan fingerprint density at radius 2 is 1.26 bits per heavy atom. The summed E-state index contributed by atoms with van der Waals surface area (Å²) in [7, 11) is 0. The zero-order valence-electron chi connectivity index (χ0n) is 18.2. The molecule has 2 aliphatic heterocycles. The molecule has 0 radical (unpaired) electrons. The first-order valence-electron chi connectivity index (χ1n) is 10.8. The van der Waals surface area contributed by atoms with E-state index < -0.39 is 22.4 Å². The lowest BCUT2D eigenvalue weighted by atomic mass is 9.58. The van der Waals surface area contributed by atoms with E-state index in [4.69, 9.17) is 14.2 Å². The van der Waals surface area contributed by atoms with Crippen molar-refractivity contribution in [3.05, 3.63) is 120 Å². The van der Waals surface area contributed by atoms with Gasteiger partial charge in [0.1, 0.15) is 5.60 Å². The molecule has 0 N–H and O–H groups in total. The zero-order chi connectivity index (χ0) is 21.6. The smallest absolute Gasteiger partial charge is 0.212 e. The van der Waals surface area contributed by atoms with Crippen molar-refractivity contribution in [2.75, 3.05) is 0 Å². The molecule has 3 atom stereocenters. The Hall–Kier alpha value is -2.88. The van der Waals surface area contributed by atoms with Crippen LogP contribution in [0.5, 0.6) is 0 Å². The van der Waals surface area contributed by atoms with Gasteiger partial charge in [-0.2, -0.15) is 0 Å². The van der Waals surface area contributed by atoms with E-state index in [1.165, 1.54) is 0 Å². The first-order chi connectivity index (χ1) is 15.0. The first-order valence-corrected chi connectivity index (χ1v) is 10.8. The summed E-state index contributed by atoms with van der Waals surface area (Å²) in [5.74, 6) is -1.03. The van der Waals surface area contributed by atoms with E-state index in [0.29, 0.717) is 6.61 Å². The summed E-state index contributed by atoms with van der Waals surface area (Å²) < 4.78 is 20.2. The van der Waals surface area contributed by atoms with Gasteiger partial charge in [0.05, 0.1) is 18.3 Å². The zero-order valence-corrected chi connectivity index (χ0v) is 18.2. The van der Waals surface area contributed by atoms with Crippen molar-refractivity contribution >= 4 is 0 Å². The summed E-state index contributed by atoms with van der Waals surface area (Å²) in [5, 5.41) is 0. The highest BCUT2D eigenvalue weighted by atomic mass is 16.7. The van der Waals surface area contributed by atoms with Crippen LogP contribution in [0.15, 0.2) is 103 Å². The van der Waals surface area contributed by atoms with Crippen molar-refractivity contribution in [3.63, 3.8) is 0 Å². The quantitative estimate of drug-likeness (QED) is 0.491. The minimum absolute atomic E-state index is 0.427. The fourth-order valence-electron chi connectivity index (χ4n) is 5.56. The number of benzene rings is 3. The SMILES string of the molecule is CC1(C)[C@@]2(c3ccccc3)C=CO[C@]1(c1ccccc1)[C@](C)(OCc1ccccc1)O2. The predicted octanol–water partition coefficient (Wildman–Crippen LogP) is 6.31. The molecule has 158 valence electrons. The Labute approximate surface area is 184 Å². The maximum atomic E-state index is 7.01. The van der Waals surface area contributed by atoms with Crippen LogP contribution in [-0.4, -0.2) is 5.79 Å². The van der Waals surface area contributed by atoms with Crippen molar-refractivity contribution in [1.29, 1.82) is 0 Å². The van der Waals surface area contributed by atoms with E-state index in [1.807, 2.05) is 55.5 Å². The first kappa shape index (κ1) is 20.0. The third-order valence-electron chi connectivity index (χ3n) is 7.09. The average Bonchev–Trinajstić information content (AvgIpc) is 2.89. The number of rotatable bonds is 5. The van der Waals surface area contributed by atoms with E-state index >= 15 is 0 Å². The van der Waals surface area contributed by atoms with E-state index in [1.54, 1.807) is 6.26 Å². The predicted molar refractivity (Wildman–Crippen MR) is 121 cm³/mol. The molecule has 5 rings (SSSR count). The van der Waals surface area contributed by atoms with Crippen LogP contribution in [0.4, 0.5) is 0 Å². The average molecular weight is 413 g/mol. The van der Waals surface area contributed by atoms with Crippen molar-refractivity contribution < 1.29 is 14.2 Å². The van der Waals surface area contributed by atoms with Crippen molar-refractivity contribution in [3.8, 4) is 0 Å². The van der Waals surface area contributed by atoms with Gasteiger partial charge in [-0.05, 0) is 24.1 Å². The van der Waals surface area contributed by atoms with Crippen LogP contribution in [0, 0.1) is 5.41 Å². The van der Waals surface area contributed by atoms with Gasteiger partial charge in [0, 0.05) is 5.56 Å². The molecule has 0 aromatic heterocycles. The van der Waals surface area contributed by atoms with E-state index in [9.17, 15) is 0 Å². The largest absolute Gasteiger partial charge is 0.484 e. The number of hydrogen-bond donors (Lipinski definition) is 0. The summed E-state index contributed by atoms with van der Waals surface area (Å²) >= 11 is 0. The van der Waals surface area contributed by atoms with Crippen LogP contribution in [0.1, 0.15) is 37.5 Å². The molecule has 3 nitrogen and oxygen atoms in total. The Balaban J connectivity index is 1.69. The summed E-state index contributed by atoms with van der Waals surface area (Å²) in [5.41, 5.74) is 1.21. The van der Waals surface area contributed by atoms with Gasteiger partial charge in [0.15, 0.2) is 5.60 Å². The van der Waals surface area contributed by atoms with Crippen LogP contribution >= 0.6 is 0 Å². The lowest BCUT2D eigenvalue weighted by Crippen LogP contribution is -2.57. The summed E-state index contributed by atoms with van der Waals surface area (Å²) in [6.45, 7) is 6.87. The maximum absolute atomic E-state index is 7.01. The Kier molecular flexibility index (Phi) is 4.58. The molecule has 1 saturated heterocycles. The van der Waals surface area contributed by atoms with Crippen molar-refractivity contribution in [1.82, 2.24) is 0 Å². The van der Waals surface area contributed by atoms with Gasteiger partial charge >= 0.3 is 0 Å². The standard InChI is InChI=1S/C28H28O3/c1-25(2)27(23-15-9-5-10-16-23)19-20-29-28(25,24-17-11-6-12-18-24)26(3,31-27)30-21-22-13-7-4-8-14-22/h4-20H,21H2,1-3H3/t26-,27+,28+/m1/s1. The highest BCUT2D eigenvalue weighted by Gasteiger charge is 2.78. The van der Waals surface area contributed by atoms with Gasteiger partial charge in [0.2, 0.25) is 5.79 Å². The second kappa shape index (κ2) is 7.08. The van der Waals surface area contributed by atoms with Gasteiger partial charge in [-0.3, -0.25) is 0 Å². The molecule has 0 amide bonds. The molecule has 2 heterocycles. The van der Waals surface area contributed by atoms with E-state index in [0.717, 1.165) is 16.7 Å². The number of hydrogen-bond acceptors (Lipinski definition) is 3. The van der Waals surface area contributed by atoms with Crippen molar-refractivity contribution in [2.45, 2.75) is 44.4 Å². The molecule has 1 fully saturated rings. The molecule has 3 heteroatoms. The van der Waals surface area contributed by atoms with Gasteiger partial charge in [-0.15, -0.1) is 0 Å². The van der Waals surface area contributed by atoms with E-state index in [2.05, 4.69) is 62.4 Å². The van der Waals surface area contributed by atoms with Gasteiger partial charge < -0.3 is 14.2 Å². The van der Waals surface area contributed by atoms with Gasteiger partial charge in [-0.25, -0.2) is 0 Å². The Bertz CT molecular complexity index is 1080. The van der Waals surface area contributed by atoms with Crippen LogP contribution in [0.2, 0.25) is 0 Å². The molecular weight excluding hydrogens is 384 g/mol. The van der Waals surface area contributed by atoms with Crippen LogP contribution in [0.3, 0.4) is 0 Å². The van der Waals surface area contributed by atoms with Crippen LogP contribution in [-0.2, 0) is 32.0 Å². The number of fused-ring (bicyclic) bond motifs is 2. The topological polar surface area (TPSA) is 27.7 Å². The highest BCUT2D eigenvalue weighted by molar-refractivity contribution is 5.43. The van der Waals surface area contributed by atoms with Crippen LogP contribution in [0.25, 0.3) is 0 Å². The van der Waals surface area contributed by atoms with Crippen LogP contribution < -0.4 is 0 Å². The third kappa shape index (κ3) is 2.67. The Morgan fingerprint density at radius 1 is 0.710 bits per heavy atom. The minimum Gasteiger partial charge on any atom is -0.484 e. The normalized spacial score (nSPS) is 30.7. The minimum atomic E-state index is -1.03. The summed E-state index contributed by atoms with van der Waals surface area (Å²) in [4.78, 5) is 0. The summed E-state index contributed by atoms with van der Waals surface area (Å²) in [6, 6.07) is 30.9. The lowest BCUT2D eigenvalue weighted by molar-refractivity contribution is -0.296. The van der Waals surface area contributed by atoms with Gasteiger partial charge in [-0.1, -0.05) is 105 Å². The molecule has 31 heavy (non-hydrogen) atoms. The monoisotopic (exact) mass is 412 g/mol. The summed E-state index contributed by atoms with van der Waals surface area (Å²) in [6.07, 6.45) is 3.84. The highest BCUT2D eigenvalue weighted by Crippen LogP contribution is 2.70. The molecule has 2 aliphatic rings. The molecule has 2 bridgehead atoms. The molecule has 0 saturated carbocycles. The Morgan fingerprint density at radius 3 is 1.87 bits per heavy atom. The van der Waals surface area contributed by atoms with Crippen molar-refractivity contribution in [2.24, 2.45) is 5.41 Å². The fraction of sp³-hybridized carbons (Fsp3) is 0.286. The maximum Gasteiger partial charge on any atom is 0.212 e. The molecule has 3 aromatic carbocycles. The second-order valence-electron chi connectivity index (χ2n) is 9.02. The second-order valence-corrected chi connectivity index (χ2v) is 9.02.